The van der Waals surface area contributed by atoms with E-state index in [2.05, 4.69) is 33.2 Å². The molecule has 5 heteroatoms. The van der Waals surface area contributed by atoms with Gasteiger partial charge in [-0.3, -0.25) is 4.98 Å². The third-order valence-corrected chi connectivity index (χ3v) is 4.40. The van der Waals surface area contributed by atoms with Gasteiger partial charge >= 0.3 is 0 Å². The van der Waals surface area contributed by atoms with Gasteiger partial charge in [-0.2, -0.15) is 0 Å². The van der Waals surface area contributed by atoms with Crippen molar-refractivity contribution < 1.29 is 0 Å². The Morgan fingerprint density at radius 3 is 2.70 bits per heavy atom. The van der Waals surface area contributed by atoms with E-state index in [4.69, 9.17) is 23.2 Å². The van der Waals surface area contributed by atoms with Crippen molar-refractivity contribution >= 4 is 39.1 Å². The Hall–Kier alpha value is -0.610. The molecule has 0 amide bonds. The van der Waals surface area contributed by atoms with Crippen molar-refractivity contribution in [3.63, 3.8) is 0 Å². The van der Waals surface area contributed by atoms with Crippen LogP contribution in [-0.2, 0) is 6.42 Å². The smallest absolute Gasteiger partial charge is 0.0718 e. The highest BCUT2D eigenvalue weighted by Crippen LogP contribution is 2.27. The van der Waals surface area contributed by atoms with Gasteiger partial charge in [-0.15, -0.1) is 0 Å². The summed E-state index contributed by atoms with van der Waals surface area (Å²) in [7, 11) is 0. The topological polar surface area (TPSA) is 24.9 Å². The van der Waals surface area contributed by atoms with E-state index in [1.165, 1.54) is 0 Å². The van der Waals surface area contributed by atoms with E-state index >= 15 is 0 Å². The lowest BCUT2D eigenvalue weighted by Gasteiger charge is -2.19. The molecule has 2 aromatic rings. The van der Waals surface area contributed by atoms with Gasteiger partial charge in [0.15, 0.2) is 0 Å². The standard InChI is InChI=1S/C15H15BrCl2N2/c1-2-19-14(15-11(16)4-3-7-20-15)9-10-5-6-12(17)13(18)8-10/h3-8,14,19H,2,9H2,1H3. The number of nitrogens with zero attached hydrogens (tertiary/aromatic N) is 1. The maximum atomic E-state index is 6.07. The monoisotopic (exact) mass is 372 g/mol. The van der Waals surface area contributed by atoms with E-state index in [1.807, 2.05) is 30.3 Å². The summed E-state index contributed by atoms with van der Waals surface area (Å²) in [6.07, 6.45) is 2.61. The molecule has 2 rings (SSSR count). The molecule has 0 radical (unpaired) electrons. The fourth-order valence-corrected chi connectivity index (χ4v) is 2.92. The fraction of sp³-hybridized carbons (Fsp3) is 0.267. The molecule has 1 N–H and O–H groups in total. The molecule has 1 unspecified atom stereocenters. The average molecular weight is 374 g/mol. The Kier molecular flexibility index (Phi) is 5.85. The number of hydrogen-bond donors (Lipinski definition) is 1. The first-order valence-corrected chi connectivity index (χ1v) is 7.94. The Morgan fingerprint density at radius 1 is 1.25 bits per heavy atom. The van der Waals surface area contributed by atoms with Gasteiger partial charge in [0.05, 0.1) is 21.8 Å². The molecule has 20 heavy (non-hydrogen) atoms. The summed E-state index contributed by atoms with van der Waals surface area (Å²) >= 11 is 15.6. The van der Waals surface area contributed by atoms with E-state index in [9.17, 15) is 0 Å². The third-order valence-electron chi connectivity index (χ3n) is 2.99. The highest BCUT2D eigenvalue weighted by molar-refractivity contribution is 9.10. The lowest BCUT2D eigenvalue weighted by molar-refractivity contribution is 0.534. The maximum absolute atomic E-state index is 6.07. The van der Waals surface area contributed by atoms with Crippen LogP contribution < -0.4 is 5.32 Å². The summed E-state index contributed by atoms with van der Waals surface area (Å²) in [5.41, 5.74) is 2.13. The molecule has 106 valence electrons. The summed E-state index contributed by atoms with van der Waals surface area (Å²) in [4.78, 5) is 4.46. The lowest BCUT2D eigenvalue weighted by Crippen LogP contribution is -2.24. The number of pyridine rings is 1. The molecule has 0 aliphatic heterocycles. The van der Waals surface area contributed by atoms with Gasteiger partial charge in [0.1, 0.15) is 0 Å². The summed E-state index contributed by atoms with van der Waals surface area (Å²) in [6, 6.07) is 9.78. The van der Waals surface area contributed by atoms with E-state index in [-0.39, 0.29) is 6.04 Å². The van der Waals surface area contributed by atoms with Crippen molar-refractivity contribution in [1.82, 2.24) is 10.3 Å². The molecule has 0 fully saturated rings. The normalized spacial score (nSPS) is 12.4. The van der Waals surface area contributed by atoms with Gasteiger partial charge in [-0.25, -0.2) is 0 Å². The number of hydrogen-bond acceptors (Lipinski definition) is 2. The second-order valence-electron chi connectivity index (χ2n) is 4.43. The largest absolute Gasteiger partial charge is 0.309 e. The molecular weight excluding hydrogens is 359 g/mol. The van der Waals surface area contributed by atoms with Gasteiger partial charge in [0.25, 0.3) is 0 Å². The Morgan fingerprint density at radius 2 is 2.05 bits per heavy atom. The minimum atomic E-state index is 0.132. The molecule has 1 aromatic carbocycles. The maximum Gasteiger partial charge on any atom is 0.0718 e. The van der Waals surface area contributed by atoms with Crippen LogP contribution in [0.2, 0.25) is 10.0 Å². The molecule has 0 aliphatic carbocycles. The van der Waals surface area contributed by atoms with Crippen LogP contribution >= 0.6 is 39.1 Å². The number of rotatable bonds is 5. The second-order valence-corrected chi connectivity index (χ2v) is 6.10. The predicted molar refractivity (Wildman–Crippen MR) is 88.5 cm³/mol. The van der Waals surface area contributed by atoms with Crippen LogP contribution in [0.15, 0.2) is 41.0 Å². The van der Waals surface area contributed by atoms with Crippen molar-refractivity contribution in [1.29, 1.82) is 0 Å². The van der Waals surface area contributed by atoms with Gasteiger partial charge in [-0.1, -0.05) is 36.2 Å². The number of likely N-dealkylation sites (N-methyl/N-ethyl adjacent to an activating group) is 1. The molecule has 0 spiro atoms. The minimum Gasteiger partial charge on any atom is -0.309 e. The van der Waals surface area contributed by atoms with Gasteiger partial charge in [0, 0.05) is 10.7 Å². The van der Waals surface area contributed by atoms with Crippen molar-refractivity contribution in [2.75, 3.05) is 6.54 Å². The van der Waals surface area contributed by atoms with Crippen LogP contribution in [-0.4, -0.2) is 11.5 Å². The van der Waals surface area contributed by atoms with Gasteiger partial charge < -0.3 is 5.32 Å². The Bertz CT molecular complexity index is 590. The molecule has 1 atom stereocenters. The molecule has 0 aliphatic rings. The first-order valence-electron chi connectivity index (χ1n) is 6.39. The zero-order valence-corrected chi connectivity index (χ0v) is 14.1. The second kappa shape index (κ2) is 7.41. The highest BCUT2D eigenvalue weighted by Gasteiger charge is 2.16. The van der Waals surface area contributed by atoms with E-state index in [0.29, 0.717) is 10.0 Å². The SMILES string of the molecule is CCNC(Cc1ccc(Cl)c(Cl)c1)c1ncccc1Br. The Labute approximate surface area is 137 Å². The fourth-order valence-electron chi connectivity index (χ4n) is 2.07. The van der Waals surface area contributed by atoms with Crippen LogP contribution in [0.5, 0.6) is 0 Å². The number of aromatic nitrogens is 1. The number of nitrogens with one attached hydrogen (secondary N) is 1. The van der Waals surface area contributed by atoms with E-state index in [1.54, 1.807) is 6.20 Å². The van der Waals surface area contributed by atoms with E-state index < -0.39 is 0 Å². The Balaban J connectivity index is 2.25. The number of benzene rings is 1. The molecule has 1 heterocycles. The highest BCUT2D eigenvalue weighted by atomic mass is 79.9. The summed E-state index contributed by atoms with van der Waals surface area (Å²) in [5.74, 6) is 0. The van der Waals surface area contributed by atoms with E-state index in [0.717, 1.165) is 28.7 Å². The zero-order valence-electron chi connectivity index (χ0n) is 11.0. The number of halogens is 3. The quantitative estimate of drug-likeness (QED) is 0.793. The summed E-state index contributed by atoms with van der Waals surface area (Å²) in [5, 5.41) is 4.61. The van der Waals surface area contributed by atoms with Crippen molar-refractivity contribution in [2.45, 2.75) is 19.4 Å². The van der Waals surface area contributed by atoms with Crippen LogP contribution in [0.3, 0.4) is 0 Å². The molecular formula is C15H15BrCl2N2. The molecule has 0 bridgehead atoms. The van der Waals surface area contributed by atoms with Gasteiger partial charge in [0.2, 0.25) is 0 Å². The summed E-state index contributed by atoms with van der Waals surface area (Å²) < 4.78 is 1.01. The lowest BCUT2D eigenvalue weighted by atomic mass is 10.0. The zero-order chi connectivity index (χ0) is 14.5. The predicted octanol–water partition coefficient (Wildman–Crippen LogP) is 5.04. The van der Waals surface area contributed by atoms with Crippen LogP contribution in [0.25, 0.3) is 0 Å². The van der Waals surface area contributed by atoms with Crippen molar-refractivity contribution in [3.05, 3.63) is 62.3 Å². The third kappa shape index (κ3) is 3.95. The first-order chi connectivity index (χ1) is 9.61. The molecule has 2 nitrogen and oxygen atoms in total. The first kappa shape index (κ1) is 15.8. The van der Waals surface area contributed by atoms with Crippen molar-refractivity contribution in [3.8, 4) is 0 Å². The van der Waals surface area contributed by atoms with Crippen LogP contribution in [0.4, 0.5) is 0 Å². The molecule has 1 aromatic heterocycles. The van der Waals surface area contributed by atoms with Gasteiger partial charge in [-0.05, 0) is 58.7 Å². The average Bonchev–Trinajstić information content (AvgIpc) is 2.43. The minimum absolute atomic E-state index is 0.132. The molecule has 0 saturated carbocycles. The van der Waals surface area contributed by atoms with Crippen molar-refractivity contribution in [2.24, 2.45) is 0 Å². The van der Waals surface area contributed by atoms with Crippen LogP contribution in [0.1, 0.15) is 24.2 Å². The summed E-state index contributed by atoms with van der Waals surface area (Å²) in [6.45, 7) is 2.95. The van der Waals surface area contributed by atoms with Crippen LogP contribution in [0, 0.1) is 0 Å². The molecule has 0 saturated heterocycles.